The second kappa shape index (κ2) is 10.6. The summed E-state index contributed by atoms with van der Waals surface area (Å²) in [6.07, 6.45) is 0.637. The number of phenolic OH excluding ortho intramolecular Hbond substituents is 1. The molecule has 1 fully saturated rings. The van der Waals surface area contributed by atoms with Crippen molar-refractivity contribution in [1.29, 1.82) is 0 Å². The van der Waals surface area contributed by atoms with Crippen molar-refractivity contribution in [2.75, 3.05) is 13.7 Å². The molecule has 190 valence electrons. The average Bonchev–Trinajstić information content (AvgIpc) is 2.84. The Morgan fingerprint density at radius 1 is 1.08 bits per heavy atom. The molecule has 36 heavy (non-hydrogen) atoms. The number of nitrogens with zero attached hydrogens (tertiary/aromatic N) is 1. The molecule has 0 amide bonds. The number of rotatable bonds is 7. The van der Waals surface area contributed by atoms with Crippen LogP contribution < -0.4 is 9.47 Å². The van der Waals surface area contributed by atoms with E-state index in [9.17, 15) is 14.7 Å². The van der Waals surface area contributed by atoms with Crippen LogP contribution in [0.2, 0.25) is 0 Å². The summed E-state index contributed by atoms with van der Waals surface area (Å²) in [6.45, 7) is 7.57. The van der Waals surface area contributed by atoms with Crippen molar-refractivity contribution < 1.29 is 28.9 Å². The van der Waals surface area contributed by atoms with Gasteiger partial charge in [0, 0.05) is 23.7 Å². The van der Waals surface area contributed by atoms with Gasteiger partial charge in [0.15, 0.2) is 11.5 Å². The Bertz CT molecular complexity index is 1210. The van der Waals surface area contributed by atoms with E-state index in [2.05, 4.69) is 0 Å². The lowest BCUT2D eigenvalue weighted by Gasteiger charge is -2.38. The Morgan fingerprint density at radius 2 is 1.78 bits per heavy atom. The minimum atomic E-state index is -0.586. The summed E-state index contributed by atoms with van der Waals surface area (Å²) in [5.41, 5.74) is 3.45. The predicted molar refractivity (Wildman–Crippen MR) is 137 cm³/mol. The molecule has 4 rings (SSSR count). The van der Waals surface area contributed by atoms with Gasteiger partial charge < -0.3 is 19.3 Å². The van der Waals surface area contributed by atoms with Crippen molar-refractivity contribution in [3.8, 4) is 17.2 Å². The van der Waals surface area contributed by atoms with Gasteiger partial charge in [0.1, 0.15) is 11.5 Å². The van der Waals surface area contributed by atoms with Crippen LogP contribution in [0, 0.1) is 5.92 Å². The highest BCUT2D eigenvalue weighted by Gasteiger charge is 2.46. The normalized spacial score (nSPS) is 21.7. The van der Waals surface area contributed by atoms with Crippen molar-refractivity contribution in [1.82, 2.24) is 0 Å². The van der Waals surface area contributed by atoms with Crippen LogP contribution in [0.1, 0.15) is 63.5 Å². The standard InChI is InChI=1S/C29H33NO6/c1-6-35-25-15-19(9-12-23(25)31)27-26(29(33)36-16(2)3)17(4)30-22-13-20(14-24(32)28(22)27)18-7-10-21(34-5)11-8-18/h7-12,15-16,20,27-28,31H,6,13-14H2,1-5H3/t20-,27+,28?/m0/s1. The van der Waals surface area contributed by atoms with E-state index in [-0.39, 0.29) is 23.6 Å². The summed E-state index contributed by atoms with van der Waals surface area (Å²) < 4.78 is 16.4. The number of fused-ring (bicyclic) bond motifs is 1. The number of hydrogen-bond donors (Lipinski definition) is 1. The number of aromatic hydroxyl groups is 1. The topological polar surface area (TPSA) is 94.4 Å². The second-order valence-electron chi connectivity index (χ2n) is 9.52. The number of phenols is 1. The lowest BCUT2D eigenvalue weighted by Crippen LogP contribution is -2.41. The third-order valence-electron chi connectivity index (χ3n) is 6.75. The summed E-state index contributed by atoms with van der Waals surface area (Å²) >= 11 is 0. The van der Waals surface area contributed by atoms with Gasteiger partial charge in [-0.15, -0.1) is 0 Å². The van der Waals surface area contributed by atoms with Gasteiger partial charge in [-0.2, -0.15) is 0 Å². The van der Waals surface area contributed by atoms with Gasteiger partial charge in [-0.3, -0.25) is 9.79 Å². The highest BCUT2D eigenvalue weighted by molar-refractivity contribution is 6.12. The fourth-order valence-corrected chi connectivity index (χ4v) is 5.19. The number of aliphatic imine (C=N–C) groups is 1. The van der Waals surface area contributed by atoms with Gasteiger partial charge >= 0.3 is 5.97 Å². The smallest absolute Gasteiger partial charge is 0.336 e. The van der Waals surface area contributed by atoms with Gasteiger partial charge in [0.25, 0.3) is 0 Å². The number of Topliss-reactive ketones (excluding diaryl/α,β-unsaturated/α-hetero) is 1. The number of allylic oxidation sites excluding steroid dienone is 1. The maximum Gasteiger partial charge on any atom is 0.336 e. The van der Waals surface area contributed by atoms with Gasteiger partial charge in [0.05, 0.1) is 31.3 Å². The fourth-order valence-electron chi connectivity index (χ4n) is 5.19. The number of ether oxygens (including phenoxy) is 3. The molecule has 7 heteroatoms. The van der Waals surface area contributed by atoms with E-state index in [4.69, 9.17) is 19.2 Å². The molecule has 0 bridgehead atoms. The molecule has 1 N–H and O–H groups in total. The Kier molecular flexibility index (Phi) is 7.48. The van der Waals surface area contributed by atoms with E-state index in [0.717, 1.165) is 17.0 Å². The summed E-state index contributed by atoms with van der Waals surface area (Å²) in [7, 11) is 1.62. The van der Waals surface area contributed by atoms with Crippen LogP contribution in [0.15, 0.2) is 58.7 Å². The third-order valence-corrected chi connectivity index (χ3v) is 6.75. The SMILES string of the molecule is CCOc1cc([C@@H]2C(C(=O)OC(C)C)=C(C)N=C3C[C@H](c4ccc(OC)cc4)CC(=O)C32)ccc1O. The molecule has 2 aromatic rings. The molecule has 1 aliphatic carbocycles. The number of carbonyl (C=O) groups is 2. The maximum absolute atomic E-state index is 13.7. The minimum absolute atomic E-state index is 0.00479. The van der Waals surface area contributed by atoms with Crippen LogP contribution in [0.4, 0.5) is 0 Å². The van der Waals surface area contributed by atoms with Crippen molar-refractivity contribution in [2.45, 2.75) is 58.5 Å². The Labute approximate surface area is 211 Å². The van der Waals surface area contributed by atoms with Crippen LogP contribution >= 0.6 is 0 Å². The van der Waals surface area contributed by atoms with Crippen LogP contribution in [0.5, 0.6) is 17.2 Å². The molecule has 0 saturated heterocycles. The number of ketones is 1. The van der Waals surface area contributed by atoms with E-state index in [1.807, 2.05) is 31.2 Å². The molecule has 2 aliphatic rings. The largest absolute Gasteiger partial charge is 0.504 e. The van der Waals surface area contributed by atoms with Crippen molar-refractivity contribution >= 4 is 17.5 Å². The van der Waals surface area contributed by atoms with Gasteiger partial charge in [-0.25, -0.2) is 4.79 Å². The zero-order valence-electron chi connectivity index (χ0n) is 21.4. The lowest BCUT2D eigenvalue weighted by atomic mass is 9.66. The summed E-state index contributed by atoms with van der Waals surface area (Å²) in [5, 5.41) is 10.3. The molecular formula is C29H33NO6. The van der Waals surface area contributed by atoms with Crippen LogP contribution in [-0.2, 0) is 14.3 Å². The van der Waals surface area contributed by atoms with Gasteiger partial charge in [0.2, 0.25) is 0 Å². The third kappa shape index (κ3) is 5.01. The number of carbonyl (C=O) groups excluding carboxylic acids is 2. The van der Waals surface area contributed by atoms with E-state index in [1.54, 1.807) is 46.1 Å². The molecule has 3 atom stereocenters. The second-order valence-corrected chi connectivity index (χ2v) is 9.52. The zero-order chi connectivity index (χ0) is 26.0. The molecular weight excluding hydrogens is 458 g/mol. The highest BCUT2D eigenvalue weighted by Crippen LogP contribution is 2.47. The quantitative estimate of drug-likeness (QED) is 0.527. The molecule has 0 radical (unpaired) electrons. The molecule has 1 heterocycles. The Hall–Kier alpha value is -3.61. The van der Waals surface area contributed by atoms with Crippen LogP contribution in [0.25, 0.3) is 0 Å². The first-order chi connectivity index (χ1) is 17.2. The number of benzene rings is 2. The van der Waals surface area contributed by atoms with Crippen molar-refractivity contribution in [3.05, 3.63) is 64.9 Å². The van der Waals surface area contributed by atoms with E-state index < -0.39 is 17.8 Å². The van der Waals surface area contributed by atoms with Crippen molar-refractivity contribution in [3.63, 3.8) is 0 Å². The lowest BCUT2D eigenvalue weighted by molar-refractivity contribution is -0.143. The van der Waals surface area contributed by atoms with Gasteiger partial charge in [-0.1, -0.05) is 18.2 Å². The van der Waals surface area contributed by atoms with Gasteiger partial charge in [-0.05, 0) is 75.4 Å². The molecule has 0 spiro atoms. The number of hydrogen-bond acceptors (Lipinski definition) is 7. The summed E-state index contributed by atoms with van der Waals surface area (Å²) in [5.74, 6) is -0.539. The summed E-state index contributed by atoms with van der Waals surface area (Å²) in [6, 6.07) is 12.8. The monoisotopic (exact) mass is 491 g/mol. The van der Waals surface area contributed by atoms with Crippen LogP contribution in [0.3, 0.4) is 0 Å². The fraction of sp³-hybridized carbons (Fsp3) is 0.414. The molecule has 7 nitrogen and oxygen atoms in total. The molecule has 1 aliphatic heterocycles. The zero-order valence-corrected chi connectivity index (χ0v) is 21.4. The average molecular weight is 492 g/mol. The number of esters is 1. The Morgan fingerprint density at radius 3 is 2.42 bits per heavy atom. The summed E-state index contributed by atoms with van der Waals surface area (Å²) in [4.78, 5) is 31.8. The van der Waals surface area contributed by atoms with E-state index >= 15 is 0 Å². The first-order valence-electron chi connectivity index (χ1n) is 12.3. The van der Waals surface area contributed by atoms with Crippen molar-refractivity contribution in [2.24, 2.45) is 10.9 Å². The predicted octanol–water partition coefficient (Wildman–Crippen LogP) is 5.33. The van der Waals surface area contributed by atoms with Crippen LogP contribution in [-0.4, -0.2) is 42.4 Å². The first-order valence-corrected chi connectivity index (χ1v) is 12.3. The maximum atomic E-state index is 13.7. The molecule has 1 unspecified atom stereocenters. The molecule has 2 aromatic carbocycles. The first kappa shape index (κ1) is 25.5. The molecule has 1 saturated carbocycles. The minimum Gasteiger partial charge on any atom is -0.504 e. The highest BCUT2D eigenvalue weighted by atomic mass is 16.5. The number of methoxy groups -OCH3 is 1. The van der Waals surface area contributed by atoms with E-state index in [0.29, 0.717) is 42.0 Å². The van der Waals surface area contributed by atoms with E-state index in [1.165, 1.54) is 0 Å². The molecule has 0 aromatic heterocycles. The Balaban J connectivity index is 1.78.